The Morgan fingerprint density at radius 2 is 2.11 bits per heavy atom. The molecule has 19 heavy (non-hydrogen) atoms. The van der Waals surface area contributed by atoms with Gasteiger partial charge in [-0.1, -0.05) is 13.8 Å². The Bertz CT molecular complexity index is 481. The molecule has 1 aromatic rings. The van der Waals surface area contributed by atoms with E-state index in [-0.39, 0.29) is 0 Å². The van der Waals surface area contributed by atoms with Gasteiger partial charge < -0.3 is 10.0 Å². The summed E-state index contributed by atoms with van der Waals surface area (Å²) in [6.07, 6.45) is 3.49. The maximum atomic E-state index is 11.1. The lowest BCUT2D eigenvalue weighted by Gasteiger charge is -2.27. The molecule has 0 bridgehead atoms. The van der Waals surface area contributed by atoms with Crippen LogP contribution in [0.4, 0.5) is 5.82 Å². The molecule has 1 fully saturated rings. The van der Waals surface area contributed by atoms with E-state index in [2.05, 4.69) is 23.7 Å². The van der Waals surface area contributed by atoms with Crippen molar-refractivity contribution >= 4 is 11.8 Å². The van der Waals surface area contributed by atoms with Gasteiger partial charge in [0.2, 0.25) is 0 Å². The number of aryl methyl sites for hydroxylation is 1. The number of carboxylic acids is 1. The van der Waals surface area contributed by atoms with Crippen LogP contribution in [0.1, 0.15) is 49.2 Å². The minimum absolute atomic E-state index is 0.327. The van der Waals surface area contributed by atoms with Gasteiger partial charge in [0.25, 0.3) is 0 Å². The first-order chi connectivity index (χ1) is 8.99. The lowest BCUT2D eigenvalue weighted by atomic mass is 9.82. The van der Waals surface area contributed by atoms with Gasteiger partial charge in [-0.25, -0.2) is 9.78 Å². The Morgan fingerprint density at radius 1 is 1.42 bits per heavy atom. The number of aromatic nitrogens is 1. The van der Waals surface area contributed by atoms with Crippen molar-refractivity contribution in [2.75, 3.05) is 18.0 Å². The summed E-state index contributed by atoms with van der Waals surface area (Å²) in [5.74, 6) is -0.0793. The van der Waals surface area contributed by atoms with Crippen molar-refractivity contribution in [2.24, 2.45) is 5.41 Å². The molecule has 104 valence electrons. The van der Waals surface area contributed by atoms with Gasteiger partial charge in [-0.15, -0.1) is 0 Å². The van der Waals surface area contributed by atoms with Gasteiger partial charge >= 0.3 is 5.97 Å². The van der Waals surface area contributed by atoms with E-state index in [1.807, 2.05) is 6.92 Å². The van der Waals surface area contributed by atoms with E-state index in [9.17, 15) is 4.79 Å². The molecule has 1 aliphatic heterocycles. The normalized spacial score (nSPS) is 17.7. The van der Waals surface area contributed by atoms with Crippen molar-refractivity contribution in [2.45, 2.75) is 40.0 Å². The summed E-state index contributed by atoms with van der Waals surface area (Å²) in [6.45, 7) is 8.27. The molecule has 1 saturated heterocycles. The average Bonchev–Trinajstić information content (AvgIpc) is 2.83. The fourth-order valence-corrected chi connectivity index (χ4v) is 2.89. The van der Waals surface area contributed by atoms with Crippen LogP contribution in [0.25, 0.3) is 0 Å². The number of nitrogens with zero attached hydrogens (tertiary/aromatic N) is 2. The molecule has 1 aliphatic rings. The van der Waals surface area contributed by atoms with E-state index in [1.54, 1.807) is 12.1 Å². The zero-order valence-corrected chi connectivity index (χ0v) is 11.9. The molecule has 0 radical (unpaired) electrons. The van der Waals surface area contributed by atoms with Crippen LogP contribution < -0.4 is 4.90 Å². The predicted molar refractivity (Wildman–Crippen MR) is 75.8 cm³/mol. The maximum Gasteiger partial charge on any atom is 0.335 e. The molecule has 0 atom stereocenters. The van der Waals surface area contributed by atoms with Crippen LogP contribution in [0.15, 0.2) is 12.1 Å². The molecular weight excluding hydrogens is 240 g/mol. The van der Waals surface area contributed by atoms with Crippen molar-refractivity contribution in [1.82, 2.24) is 4.98 Å². The van der Waals surface area contributed by atoms with Crippen LogP contribution in [0, 0.1) is 12.3 Å². The third kappa shape index (κ3) is 2.72. The Labute approximate surface area is 114 Å². The zero-order valence-electron chi connectivity index (χ0n) is 11.9. The monoisotopic (exact) mass is 262 g/mol. The van der Waals surface area contributed by atoms with E-state index in [1.165, 1.54) is 0 Å². The second-order valence-electron chi connectivity index (χ2n) is 5.54. The fourth-order valence-electron chi connectivity index (χ4n) is 2.89. The molecule has 0 aliphatic carbocycles. The summed E-state index contributed by atoms with van der Waals surface area (Å²) < 4.78 is 0. The van der Waals surface area contributed by atoms with Gasteiger partial charge in [0.1, 0.15) is 5.82 Å². The van der Waals surface area contributed by atoms with Gasteiger partial charge in [0.15, 0.2) is 0 Å². The number of carboxylic acid groups (broad SMARTS) is 1. The summed E-state index contributed by atoms with van der Waals surface area (Å²) in [4.78, 5) is 17.8. The second-order valence-corrected chi connectivity index (χ2v) is 5.54. The molecule has 1 N–H and O–H groups in total. The van der Waals surface area contributed by atoms with Crippen LogP contribution in [0.3, 0.4) is 0 Å². The molecule has 4 nitrogen and oxygen atoms in total. The zero-order chi connectivity index (χ0) is 14.0. The molecule has 1 aromatic heterocycles. The van der Waals surface area contributed by atoms with Gasteiger partial charge in [0, 0.05) is 18.8 Å². The molecule has 0 spiro atoms. The minimum Gasteiger partial charge on any atom is -0.478 e. The summed E-state index contributed by atoms with van der Waals surface area (Å²) in [7, 11) is 0. The molecule has 0 aromatic carbocycles. The van der Waals surface area contributed by atoms with Gasteiger partial charge in [0.05, 0.1) is 5.56 Å². The average molecular weight is 262 g/mol. The molecule has 4 heteroatoms. The number of hydrogen-bond donors (Lipinski definition) is 1. The first-order valence-electron chi connectivity index (χ1n) is 6.96. The second kappa shape index (κ2) is 5.19. The Balaban J connectivity index is 2.26. The van der Waals surface area contributed by atoms with Crippen LogP contribution in [0.2, 0.25) is 0 Å². The van der Waals surface area contributed by atoms with Crippen LogP contribution >= 0.6 is 0 Å². The number of carbonyl (C=O) groups is 1. The summed E-state index contributed by atoms with van der Waals surface area (Å²) in [6, 6.07) is 3.31. The summed E-state index contributed by atoms with van der Waals surface area (Å²) in [5.41, 5.74) is 1.46. The van der Waals surface area contributed by atoms with E-state index >= 15 is 0 Å². The number of aromatic carboxylic acids is 1. The van der Waals surface area contributed by atoms with E-state index < -0.39 is 5.97 Å². The van der Waals surface area contributed by atoms with Crippen molar-refractivity contribution in [3.05, 3.63) is 23.4 Å². The van der Waals surface area contributed by atoms with Crippen LogP contribution in [0.5, 0.6) is 0 Å². The van der Waals surface area contributed by atoms with Gasteiger partial charge in [-0.3, -0.25) is 0 Å². The lowest BCUT2D eigenvalue weighted by molar-refractivity contribution is 0.0696. The van der Waals surface area contributed by atoms with Crippen LogP contribution in [-0.4, -0.2) is 29.1 Å². The third-order valence-corrected chi connectivity index (χ3v) is 4.45. The quantitative estimate of drug-likeness (QED) is 0.906. The molecular formula is C15H22N2O2. The first kappa shape index (κ1) is 13.8. The number of anilines is 1. The van der Waals surface area contributed by atoms with Gasteiger partial charge in [-0.2, -0.15) is 0 Å². The highest BCUT2D eigenvalue weighted by Crippen LogP contribution is 2.38. The van der Waals surface area contributed by atoms with E-state index in [0.717, 1.165) is 43.9 Å². The number of pyridine rings is 1. The highest BCUT2D eigenvalue weighted by molar-refractivity contribution is 5.88. The highest BCUT2D eigenvalue weighted by atomic mass is 16.4. The Morgan fingerprint density at radius 3 is 2.63 bits per heavy atom. The highest BCUT2D eigenvalue weighted by Gasteiger charge is 2.35. The van der Waals surface area contributed by atoms with Crippen molar-refractivity contribution < 1.29 is 9.90 Å². The molecule has 0 amide bonds. The molecule has 0 unspecified atom stereocenters. The largest absolute Gasteiger partial charge is 0.478 e. The van der Waals surface area contributed by atoms with Crippen molar-refractivity contribution in [1.29, 1.82) is 0 Å². The van der Waals surface area contributed by atoms with Crippen molar-refractivity contribution in [3.63, 3.8) is 0 Å². The first-order valence-corrected chi connectivity index (χ1v) is 6.96. The Hall–Kier alpha value is -1.58. The topological polar surface area (TPSA) is 53.4 Å². The van der Waals surface area contributed by atoms with Crippen molar-refractivity contribution in [3.8, 4) is 0 Å². The number of hydrogen-bond acceptors (Lipinski definition) is 3. The van der Waals surface area contributed by atoms with E-state index in [4.69, 9.17) is 5.11 Å². The number of rotatable bonds is 4. The molecule has 0 saturated carbocycles. The molecule has 2 heterocycles. The minimum atomic E-state index is -0.886. The lowest BCUT2D eigenvalue weighted by Crippen LogP contribution is -2.27. The summed E-state index contributed by atoms with van der Waals surface area (Å²) in [5, 5.41) is 9.13. The maximum absolute atomic E-state index is 11.1. The standard InChI is InChI=1S/C15H22N2O2/c1-4-15(5-2)6-7-17(10-15)13-9-12(14(18)19)8-11(3)16-13/h8-9H,4-7,10H2,1-3H3,(H,18,19). The van der Waals surface area contributed by atoms with Gasteiger partial charge in [-0.05, 0) is 43.7 Å². The smallest absolute Gasteiger partial charge is 0.335 e. The SMILES string of the molecule is CCC1(CC)CCN(c2cc(C(=O)O)cc(C)n2)C1. The predicted octanol–water partition coefficient (Wildman–Crippen LogP) is 3.10. The Kier molecular flexibility index (Phi) is 3.78. The summed E-state index contributed by atoms with van der Waals surface area (Å²) >= 11 is 0. The fraction of sp³-hybridized carbons (Fsp3) is 0.600. The van der Waals surface area contributed by atoms with Crippen LogP contribution in [-0.2, 0) is 0 Å². The van der Waals surface area contributed by atoms with E-state index in [0.29, 0.717) is 11.0 Å². The third-order valence-electron chi connectivity index (χ3n) is 4.45. The molecule has 2 rings (SSSR count).